The van der Waals surface area contributed by atoms with Crippen molar-refractivity contribution in [3.8, 4) is 17.0 Å². The standard InChI is InChI=1S/C21H16F3N5O2S/c1-31-14-6-4-5-13(11-14)16-9-10-18-26-27-20(29(18)28-16)32-12-19(30)25-17-8-3-2-7-15(17)21(22,23)24/h2-11H,12H2,1H3,(H,25,30). The fraction of sp³-hybridized carbons (Fsp3) is 0.143. The lowest BCUT2D eigenvalue weighted by Crippen LogP contribution is -2.18. The number of hydrogen-bond acceptors (Lipinski definition) is 6. The van der Waals surface area contributed by atoms with E-state index in [1.807, 2.05) is 24.3 Å². The number of ether oxygens (including phenoxy) is 1. The van der Waals surface area contributed by atoms with Gasteiger partial charge in [0.1, 0.15) is 5.75 Å². The molecular formula is C21H16F3N5O2S. The van der Waals surface area contributed by atoms with E-state index in [2.05, 4.69) is 20.6 Å². The largest absolute Gasteiger partial charge is 0.497 e. The van der Waals surface area contributed by atoms with E-state index >= 15 is 0 Å². The van der Waals surface area contributed by atoms with Gasteiger partial charge in [0.2, 0.25) is 11.1 Å². The highest BCUT2D eigenvalue weighted by Gasteiger charge is 2.33. The second-order valence-corrected chi connectivity index (χ2v) is 7.53. The van der Waals surface area contributed by atoms with Gasteiger partial charge < -0.3 is 10.1 Å². The van der Waals surface area contributed by atoms with Crippen LogP contribution in [0, 0.1) is 0 Å². The van der Waals surface area contributed by atoms with E-state index in [-0.39, 0.29) is 11.4 Å². The van der Waals surface area contributed by atoms with Crippen LogP contribution in [0.1, 0.15) is 5.56 Å². The molecule has 11 heteroatoms. The van der Waals surface area contributed by atoms with Crippen molar-refractivity contribution in [2.24, 2.45) is 0 Å². The van der Waals surface area contributed by atoms with Gasteiger partial charge in [-0.3, -0.25) is 4.79 Å². The van der Waals surface area contributed by atoms with E-state index in [9.17, 15) is 18.0 Å². The third kappa shape index (κ3) is 4.67. The second-order valence-electron chi connectivity index (χ2n) is 6.58. The molecule has 2 aromatic carbocycles. The number of thioether (sulfide) groups is 1. The molecule has 2 aromatic heterocycles. The Bertz CT molecular complexity index is 1280. The Morgan fingerprint density at radius 2 is 1.91 bits per heavy atom. The Labute approximate surface area is 184 Å². The van der Waals surface area contributed by atoms with Crippen LogP contribution in [0.3, 0.4) is 0 Å². The average Bonchev–Trinajstić information content (AvgIpc) is 3.19. The Hall–Kier alpha value is -3.60. The molecule has 0 spiro atoms. The highest BCUT2D eigenvalue weighted by molar-refractivity contribution is 7.99. The molecule has 1 amide bonds. The lowest BCUT2D eigenvalue weighted by atomic mass is 10.1. The van der Waals surface area contributed by atoms with Gasteiger partial charge in [-0.25, -0.2) is 0 Å². The Kier molecular flexibility index (Phi) is 5.99. The van der Waals surface area contributed by atoms with Crippen molar-refractivity contribution in [3.63, 3.8) is 0 Å². The van der Waals surface area contributed by atoms with E-state index in [1.165, 1.54) is 22.7 Å². The number of anilines is 1. The van der Waals surface area contributed by atoms with Crippen LogP contribution in [0.5, 0.6) is 5.75 Å². The molecule has 0 atom stereocenters. The zero-order chi connectivity index (χ0) is 22.7. The van der Waals surface area contributed by atoms with Gasteiger partial charge in [-0.1, -0.05) is 36.0 Å². The van der Waals surface area contributed by atoms with E-state index in [0.29, 0.717) is 22.2 Å². The van der Waals surface area contributed by atoms with Gasteiger partial charge in [0.25, 0.3) is 0 Å². The average molecular weight is 459 g/mol. The first kappa shape index (κ1) is 21.6. The maximum atomic E-state index is 13.1. The minimum atomic E-state index is -4.57. The molecule has 0 bridgehead atoms. The number of rotatable bonds is 6. The summed E-state index contributed by atoms with van der Waals surface area (Å²) in [6.07, 6.45) is -4.57. The van der Waals surface area contributed by atoms with Crippen LogP contribution in [-0.2, 0) is 11.0 Å². The number of amides is 1. The highest BCUT2D eigenvalue weighted by Crippen LogP contribution is 2.34. The van der Waals surface area contributed by atoms with Crippen LogP contribution >= 0.6 is 11.8 Å². The summed E-state index contributed by atoms with van der Waals surface area (Å²) in [6, 6.07) is 15.7. The fourth-order valence-electron chi connectivity index (χ4n) is 2.95. The molecule has 4 rings (SSSR count). The highest BCUT2D eigenvalue weighted by atomic mass is 32.2. The van der Waals surface area contributed by atoms with Crippen LogP contribution in [0.25, 0.3) is 16.9 Å². The van der Waals surface area contributed by atoms with Crippen molar-refractivity contribution in [2.75, 3.05) is 18.2 Å². The molecule has 32 heavy (non-hydrogen) atoms. The number of carbonyl (C=O) groups is 1. The Morgan fingerprint density at radius 3 is 2.69 bits per heavy atom. The van der Waals surface area contributed by atoms with E-state index in [0.717, 1.165) is 23.4 Å². The van der Waals surface area contributed by atoms with Gasteiger partial charge in [-0.15, -0.1) is 10.2 Å². The minimum absolute atomic E-state index is 0.169. The zero-order valence-electron chi connectivity index (χ0n) is 16.6. The third-order valence-corrected chi connectivity index (χ3v) is 5.36. The normalized spacial score (nSPS) is 11.5. The smallest absolute Gasteiger partial charge is 0.418 e. The number of fused-ring (bicyclic) bond motifs is 1. The van der Waals surface area contributed by atoms with E-state index < -0.39 is 17.6 Å². The van der Waals surface area contributed by atoms with Gasteiger partial charge in [0, 0.05) is 5.56 Å². The predicted molar refractivity (Wildman–Crippen MR) is 114 cm³/mol. The number of carbonyl (C=O) groups excluding carboxylic acids is 1. The molecule has 2 heterocycles. The first-order valence-corrected chi connectivity index (χ1v) is 10.3. The van der Waals surface area contributed by atoms with Crippen LogP contribution in [0.15, 0.2) is 65.8 Å². The van der Waals surface area contributed by atoms with E-state index in [4.69, 9.17) is 4.74 Å². The van der Waals surface area contributed by atoms with Crippen LogP contribution in [-0.4, -0.2) is 38.6 Å². The monoisotopic (exact) mass is 459 g/mol. The van der Waals surface area contributed by atoms with Crippen molar-refractivity contribution >= 4 is 29.0 Å². The number of halogens is 3. The number of hydrogen-bond donors (Lipinski definition) is 1. The van der Waals surface area contributed by atoms with Gasteiger partial charge >= 0.3 is 6.18 Å². The summed E-state index contributed by atoms with van der Waals surface area (Å²) >= 11 is 1.02. The van der Waals surface area contributed by atoms with Gasteiger partial charge in [-0.05, 0) is 36.4 Å². The lowest BCUT2D eigenvalue weighted by Gasteiger charge is -2.13. The minimum Gasteiger partial charge on any atom is -0.497 e. The van der Waals surface area contributed by atoms with Crippen LogP contribution in [0.4, 0.5) is 18.9 Å². The fourth-order valence-corrected chi connectivity index (χ4v) is 3.64. The number of aromatic nitrogens is 4. The summed E-state index contributed by atoms with van der Waals surface area (Å²) in [5, 5.41) is 15.2. The van der Waals surface area contributed by atoms with Gasteiger partial charge in [0.15, 0.2) is 5.65 Å². The summed E-state index contributed by atoms with van der Waals surface area (Å²) in [7, 11) is 1.57. The summed E-state index contributed by atoms with van der Waals surface area (Å²) < 4.78 is 46.1. The summed E-state index contributed by atoms with van der Waals surface area (Å²) in [6.45, 7) is 0. The summed E-state index contributed by atoms with van der Waals surface area (Å²) in [5.41, 5.74) is 0.729. The number of para-hydroxylation sites is 1. The van der Waals surface area contributed by atoms with E-state index in [1.54, 1.807) is 19.2 Å². The van der Waals surface area contributed by atoms with Crippen molar-refractivity contribution in [1.82, 2.24) is 19.8 Å². The molecular weight excluding hydrogens is 443 g/mol. The van der Waals surface area contributed by atoms with Crippen molar-refractivity contribution < 1.29 is 22.7 Å². The molecule has 0 aliphatic heterocycles. The molecule has 0 radical (unpaired) electrons. The van der Waals surface area contributed by atoms with Crippen LogP contribution < -0.4 is 10.1 Å². The SMILES string of the molecule is COc1cccc(-c2ccc3nnc(SCC(=O)Nc4ccccc4C(F)(F)F)n3n2)c1. The van der Waals surface area contributed by atoms with Gasteiger partial charge in [-0.2, -0.15) is 22.8 Å². The zero-order valence-corrected chi connectivity index (χ0v) is 17.4. The Balaban J connectivity index is 1.51. The quantitative estimate of drug-likeness (QED) is 0.426. The molecule has 0 saturated carbocycles. The number of benzene rings is 2. The maximum Gasteiger partial charge on any atom is 0.418 e. The third-order valence-electron chi connectivity index (χ3n) is 4.44. The molecule has 4 aromatic rings. The molecule has 0 aliphatic carbocycles. The molecule has 1 N–H and O–H groups in total. The lowest BCUT2D eigenvalue weighted by molar-refractivity contribution is -0.137. The summed E-state index contributed by atoms with van der Waals surface area (Å²) in [5.74, 6) is -0.0936. The molecule has 0 aliphatic rings. The second kappa shape index (κ2) is 8.87. The molecule has 164 valence electrons. The Morgan fingerprint density at radius 1 is 1.09 bits per heavy atom. The number of nitrogens with zero attached hydrogens (tertiary/aromatic N) is 4. The molecule has 0 unspecified atom stereocenters. The topological polar surface area (TPSA) is 81.4 Å². The maximum absolute atomic E-state index is 13.1. The molecule has 7 nitrogen and oxygen atoms in total. The van der Waals surface area contributed by atoms with Crippen molar-refractivity contribution in [1.29, 1.82) is 0 Å². The summed E-state index contributed by atoms with van der Waals surface area (Å²) in [4.78, 5) is 12.3. The predicted octanol–water partition coefficient (Wildman–Crippen LogP) is 4.55. The first-order chi connectivity index (χ1) is 15.3. The van der Waals surface area contributed by atoms with Crippen molar-refractivity contribution in [3.05, 3.63) is 66.2 Å². The van der Waals surface area contributed by atoms with Crippen molar-refractivity contribution in [2.45, 2.75) is 11.3 Å². The van der Waals surface area contributed by atoms with Gasteiger partial charge in [0.05, 0.1) is 29.8 Å². The van der Waals surface area contributed by atoms with Crippen LogP contribution in [0.2, 0.25) is 0 Å². The first-order valence-electron chi connectivity index (χ1n) is 9.31. The number of nitrogens with one attached hydrogen (secondary N) is 1. The molecule has 0 saturated heterocycles. The number of alkyl halides is 3. The number of methoxy groups -OCH3 is 1. The molecule has 0 fully saturated rings.